The average molecular weight is 320 g/mol. The summed E-state index contributed by atoms with van der Waals surface area (Å²) in [6, 6.07) is 12.5. The first kappa shape index (κ1) is 14.8. The lowest BCUT2D eigenvalue weighted by molar-refractivity contribution is 0.126. The van der Waals surface area contributed by atoms with Gasteiger partial charge in [0, 0.05) is 31.6 Å². The molecule has 6 nitrogen and oxygen atoms in total. The Balaban J connectivity index is 1.95. The molecule has 1 N–H and O–H groups in total. The minimum atomic E-state index is -3.62. The molecule has 1 aliphatic heterocycles. The third-order valence-electron chi connectivity index (χ3n) is 3.88. The number of sulfonamides is 1. The van der Waals surface area contributed by atoms with Crippen LogP contribution in [0, 0.1) is 0 Å². The number of hydrogen-bond acceptors (Lipinski definition) is 3. The van der Waals surface area contributed by atoms with Crippen LogP contribution in [-0.2, 0) is 10.0 Å². The lowest BCUT2D eigenvalue weighted by Gasteiger charge is -2.32. The minimum Gasteiger partial charge on any atom is -0.465 e. The minimum absolute atomic E-state index is 0.178. The first-order valence-electron chi connectivity index (χ1n) is 6.96. The molecule has 2 aromatic carbocycles. The van der Waals surface area contributed by atoms with Crippen molar-refractivity contribution >= 4 is 26.9 Å². The zero-order valence-corrected chi connectivity index (χ0v) is 12.7. The van der Waals surface area contributed by atoms with Gasteiger partial charge < -0.3 is 10.0 Å². The van der Waals surface area contributed by atoms with E-state index in [1.165, 1.54) is 9.21 Å². The molecule has 1 heterocycles. The number of nitrogens with zero attached hydrogens (tertiary/aromatic N) is 2. The maximum atomic E-state index is 12.8. The van der Waals surface area contributed by atoms with Gasteiger partial charge in [0.2, 0.25) is 10.0 Å². The number of benzene rings is 2. The monoisotopic (exact) mass is 320 g/mol. The van der Waals surface area contributed by atoms with Gasteiger partial charge in [0.05, 0.1) is 4.90 Å². The first-order chi connectivity index (χ1) is 10.5. The van der Waals surface area contributed by atoms with Crippen molar-refractivity contribution in [1.82, 2.24) is 9.21 Å². The summed E-state index contributed by atoms with van der Waals surface area (Å²) in [5.74, 6) is 0. The Kier molecular flexibility index (Phi) is 3.76. The van der Waals surface area contributed by atoms with Gasteiger partial charge in [-0.3, -0.25) is 0 Å². The van der Waals surface area contributed by atoms with Gasteiger partial charge in [0.15, 0.2) is 0 Å². The highest BCUT2D eigenvalue weighted by molar-refractivity contribution is 7.89. The fourth-order valence-corrected chi connectivity index (χ4v) is 4.32. The van der Waals surface area contributed by atoms with Crippen LogP contribution in [0.2, 0.25) is 0 Å². The number of fused-ring (bicyclic) bond motifs is 1. The summed E-state index contributed by atoms with van der Waals surface area (Å²) in [6.45, 7) is 0.744. The van der Waals surface area contributed by atoms with Crippen LogP contribution in [0.5, 0.6) is 0 Å². The van der Waals surface area contributed by atoms with E-state index in [2.05, 4.69) is 0 Å². The number of hydrogen-bond donors (Lipinski definition) is 1. The van der Waals surface area contributed by atoms with Crippen LogP contribution >= 0.6 is 0 Å². The molecule has 116 valence electrons. The lowest BCUT2D eigenvalue weighted by atomic mass is 10.1. The number of rotatable bonds is 2. The zero-order chi connectivity index (χ0) is 15.7. The van der Waals surface area contributed by atoms with E-state index in [1.807, 2.05) is 24.3 Å². The average Bonchev–Trinajstić information content (AvgIpc) is 2.54. The topological polar surface area (TPSA) is 77.9 Å². The molecule has 2 aromatic rings. The third-order valence-corrected chi connectivity index (χ3v) is 5.83. The number of carboxylic acid groups (broad SMARTS) is 1. The van der Waals surface area contributed by atoms with E-state index in [0.717, 1.165) is 5.39 Å². The van der Waals surface area contributed by atoms with Gasteiger partial charge in [0.25, 0.3) is 0 Å². The van der Waals surface area contributed by atoms with Crippen LogP contribution in [0.15, 0.2) is 47.4 Å². The van der Waals surface area contributed by atoms with Gasteiger partial charge in [-0.25, -0.2) is 13.2 Å². The molecule has 0 aromatic heterocycles. The first-order valence-corrected chi connectivity index (χ1v) is 8.40. The van der Waals surface area contributed by atoms with Crippen molar-refractivity contribution in [1.29, 1.82) is 0 Å². The molecule has 22 heavy (non-hydrogen) atoms. The molecule has 1 saturated heterocycles. The van der Waals surface area contributed by atoms with Crippen LogP contribution in [0.25, 0.3) is 10.8 Å². The standard InChI is InChI=1S/C15H16N2O4S/c18-15(19)16-8-10-17(11-9-16)22(20,21)14-7-3-5-12-4-1-2-6-13(12)14/h1-7H,8-11H2,(H,18,19). The molecule has 0 aliphatic carbocycles. The van der Waals surface area contributed by atoms with E-state index < -0.39 is 16.1 Å². The van der Waals surface area contributed by atoms with Crippen molar-refractivity contribution in [2.75, 3.05) is 26.2 Å². The largest absolute Gasteiger partial charge is 0.465 e. The van der Waals surface area contributed by atoms with E-state index >= 15 is 0 Å². The van der Waals surface area contributed by atoms with Gasteiger partial charge in [-0.1, -0.05) is 36.4 Å². The molecule has 7 heteroatoms. The second-order valence-electron chi connectivity index (χ2n) is 5.15. The van der Waals surface area contributed by atoms with Gasteiger partial charge >= 0.3 is 6.09 Å². The summed E-state index contributed by atoms with van der Waals surface area (Å²) in [6.07, 6.45) is -1.01. The molecule has 1 fully saturated rings. The normalized spacial score (nSPS) is 16.8. The predicted octanol–water partition coefficient (Wildman–Crippen LogP) is 1.82. The predicted molar refractivity (Wildman–Crippen MR) is 82.3 cm³/mol. The molecule has 3 rings (SSSR count). The van der Waals surface area contributed by atoms with Crippen LogP contribution in [0.4, 0.5) is 4.79 Å². The number of piperazine rings is 1. The van der Waals surface area contributed by atoms with Crippen molar-refractivity contribution in [3.63, 3.8) is 0 Å². The Hall–Kier alpha value is -2.12. The van der Waals surface area contributed by atoms with Gasteiger partial charge in [-0.15, -0.1) is 0 Å². The molecule has 1 amide bonds. The molecule has 0 bridgehead atoms. The van der Waals surface area contributed by atoms with Crippen molar-refractivity contribution < 1.29 is 18.3 Å². The lowest BCUT2D eigenvalue weighted by Crippen LogP contribution is -2.50. The fourth-order valence-electron chi connectivity index (χ4n) is 2.68. The van der Waals surface area contributed by atoms with Gasteiger partial charge in [-0.2, -0.15) is 4.31 Å². The van der Waals surface area contributed by atoms with Crippen LogP contribution in [0.1, 0.15) is 0 Å². The quantitative estimate of drug-likeness (QED) is 0.915. The Labute approximate surface area is 128 Å². The molecular weight excluding hydrogens is 304 g/mol. The number of amides is 1. The molecule has 0 spiro atoms. The van der Waals surface area contributed by atoms with E-state index in [9.17, 15) is 13.2 Å². The molecule has 1 aliphatic rings. The Morgan fingerprint density at radius 1 is 0.955 bits per heavy atom. The van der Waals surface area contributed by atoms with Crippen LogP contribution < -0.4 is 0 Å². The zero-order valence-electron chi connectivity index (χ0n) is 11.8. The van der Waals surface area contributed by atoms with E-state index in [4.69, 9.17) is 5.11 Å². The third kappa shape index (κ3) is 2.53. The number of carbonyl (C=O) groups is 1. The summed E-state index contributed by atoms with van der Waals surface area (Å²) in [4.78, 5) is 12.4. The second kappa shape index (κ2) is 5.58. The summed E-state index contributed by atoms with van der Waals surface area (Å²) in [7, 11) is -3.62. The summed E-state index contributed by atoms with van der Waals surface area (Å²) >= 11 is 0. The Morgan fingerprint density at radius 2 is 1.59 bits per heavy atom. The fraction of sp³-hybridized carbons (Fsp3) is 0.267. The Morgan fingerprint density at radius 3 is 2.27 bits per heavy atom. The molecule has 0 radical (unpaired) electrons. The van der Waals surface area contributed by atoms with Crippen molar-refractivity contribution in [3.8, 4) is 0 Å². The maximum Gasteiger partial charge on any atom is 0.407 e. The summed E-state index contributed by atoms with van der Waals surface area (Å²) in [5, 5.41) is 10.5. The molecule has 0 unspecified atom stereocenters. The van der Waals surface area contributed by atoms with E-state index in [0.29, 0.717) is 5.39 Å². The SMILES string of the molecule is O=C(O)N1CCN(S(=O)(=O)c2cccc3ccccc23)CC1. The van der Waals surface area contributed by atoms with E-state index in [1.54, 1.807) is 18.2 Å². The van der Waals surface area contributed by atoms with Gasteiger partial charge in [-0.05, 0) is 11.5 Å². The maximum absolute atomic E-state index is 12.8. The van der Waals surface area contributed by atoms with Crippen LogP contribution in [-0.4, -0.2) is 55.0 Å². The Bertz CT molecular complexity index is 806. The second-order valence-corrected chi connectivity index (χ2v) is 7.06. The highest BCUT2D eigenvalue weighted by Gasteiger charge is 2.30. The van der Waals surface area contributed by atoms with Crippen molar-refractivity contribution in [2.24, 2.45) is 0 Å². The summed E-state index contributed by atoms with van der Waals surface area (Å²) in [5.41, 5.74) is 0. The van der Waals surface area contributed by atoms with Crippen molar-refractivity contribution in [2.45, 2.75) is 4.90 Å². The molecule has 0 saturated carbocycles. The van der Waals surface area contributed by atoms with E-state index in [-0.39, 0.29) is 31.1 Å². The van der Waals surface area contributed by atoms with Crippen LogP contribution in [0.3, 0.4) is 0 Å². The molecule has 0 atom stereocenters. The van der Waals surface area contributed by atoms with Gasteiger partial charge in [0.1, 0.15) is 0 Å². The smallest absolute Gasteiger partial charge is 0.407 e. The highest BCUT2D eigenvalue weighted by Crippen LogP contribution is 2.26. The highest BCUT2D eigenvalue weighted by atomic mass is 32.2. The summed E-state index contributed by atoms with van der Waals surface area (Å²) < 4.78 is 27.0. The van der Waals surface area contributed by atoms with Crippen molar-refractivity contribution in [3.05, 3.63) is 42.5 Å². The molecular formula is C15H16N2O4S.